The summed E-state index contributed by atoms with van der Waals surface area (Å²) in [6.45, 7) is 5.50. The van der Waals surface area contributed by atoms with E-state index in [0.29, 0.717) is 19.6 Å². The molecule has 4 rings (SSSR count). The van der Waals surface area contributed by atoms with Crippen LogP contribution in [0.1, 0.15) is 30.0 Å². The molecule has 1 heterocycles. The molecule has 1 atom stereocenters. The Kier molecular flexibility index (Phi) is 7.22. The number of allylic oxidation sites excluding steroid dienone is 2. The number of carbonyl (C=O) groups is 1. The standard InChI is InChI=1S/C26H29FN2O3S/c1-18-23(15-19-3-6-21(7-4-19)33(2)32)22-8-5-20(27)16-25(22)24(18)17-26(31)29-11-9-28(10-12-29)13-14-30/h3-8,15-16,30H,9-14,17H2,1-2H3. The summed E-state index contributed by atoms with van der Waals surface area (Å²) in [6.07, 6.45) is 3.92. The number of halogens is 1. The lowest BCUT2D eigenvalue weighted by Crippen LogP contribution is -2.49. The van der Waals surface area contributed by atoms with E-state index in [1.165, 1.54) is 12.1 Å². The fourth-order valence-electron chi connectivity index (χ4n) is 4.53. The second-order valence-electron chi connectivity index (χ2n) is 8.50. The lowest BCUT2D eigenvalue weighted by molar-refractivity contribution is -0.131. The van der Waals surface area contributed by atoms with Crippen molar-refractivity contribution in [2.75, 3.05) is 45.6 Å². The summed E-state index contributed by atoms with van der Waals surface area (Å²) in [7, 11) is -1.04. The zero-order chi connectivity index (χ0) is 23.5. The van der Waals surface area contributed by atoms with Gasteiger partial charge in [-0.15, -0.1) is 0 Å². The molecule has 2 aliphatic rings. The molecule has 5 nitrogen and oxygen atoms in total. The van der Waals surface area contributed by atoms with Gasteiger partial charge in [0.25, 0.3) is 0 Å². The molecule has 7 heteroatoms. The summed E-state index contributed by atoms with van der Waals surface area (Å²) >= 11 is 0. The Bertz CT molecular complexity index is 1130. The van der Waals surface area contributed by atoms with Gasteiger partial charge < -0.3 is 10.0 Å². The summed E-state index contributed by atoms with van der Waals surface area (Å²) in [4.78, 5) is 17.9. The fourth-order valence-corrected chi connectivity index (χ4v) is 5.05. The number of hydrogen-bond acceptors (Lipinski definition) is 4. The van der Waals surface area contributed by atoms with Crippen molar-refractivity contribution in [1.29, 1.82) is 0 Å². The number of aliphatic hydroxyl groups is 1. The maximum atomic E-state index is 14.2. The number of fused-ring (bicyclic) bond motifs is 1. The highest BCUT2D eigenvalue weighted by Crippen LogP contribution is 2.44. The van der Waals surface area contributed by atoms with Crippen molar-refractivity contribution >= 4 is 33.9 Å². The molecule has 1 unspecified atom stereocenters. The van der Waals surface area contributed by atoms with Gasteiger partial charge in [-0.25, -0.2) is 4.39 Å². The van der Waals surface area contributed by atoms with E-state index >= 15 is 0 Å². The Hall–Kier alpha value is -2.61. The van der Waals surface area contributed by atoms with E-state index in [9.17, 15) is 13.4 Å². The maximum Gasteiger partial charge on any atom is 0.227 e. The number of nitrogens with zero attached hydrogens (tertiary/aromatic N) is 2. The number of piperazine rings is 1. The second-order valence-corrected chi connectivity index (χ2v) is 9.88. The van der Waals surface area contributed by atoms with Gasteiger partial charge >= 0.3 is 0 Å². The number of β-amino-alcohol motifs (C(OH)–C–C–N with tert-alkyl or cyclic N) is 1. The zero-order valence-electron chi connectivity index (χ0n) is 19.0. The highest BCUT2D eigenvalue weighted by Gasteiger charge is 2.28. The number of benzene rings is 2. The van der Waals surface area contributed by atoms with Crippen LogP contribution in [0, 0.1) is 5.82 Å². The van der Waals surface area contributed by atoms with Crippen LogP contribution in [-0.2, 0) is 15.6 Å². The molecular weight excluding hydrogens is 439 g/mol. The first kappa shape index (κ1) is 23.5. The quantitative estimate of drug-likeness (QED) is 0.706. The highest BCUT2D eigenvalue weighted by atomic mass is 32.2. The van der Waals surface area contributed by atoms with E-state index in [-0.39, 0.29) is 24.8 Å². The minimum Gasteiger partial charge on any atom is -0.395 e. The van der Waals surface area contributed by atoms with Crippen LogP contribution in [0.2, 0.25) is 0 Å². The van der Waals surface area contributed by atoms with Gasteiger partial charge in [0.2, 0.25) is 5.91 Å². The average molecular weight is 469 g/mol. The molecule has 2 aromatic rings. The van der Waals surface area contributed by atoms with Gasteiger partial charge in [0.1, 0.15) is 5.82 Å². The van der Waals surface area contributed by atoms with Crippen molar-refractivity contribution in [3.05, 3.63) is 70.5 Å². The Morgan fingerprint density at radius 2 is 1.79 bits per heavy atom. The molecule has 0 radical (unpaired) electrons. The normalized spacial score (nSPS) is 18.7. The van der Waals surface area contributed by atoms with Crippen LogP contribution in [0.4, 0.5) is 4.39 Å². The Labute approximate surface area is 196 Å². The van der Waals surface area contributed by atoms with E-state index in [0.717, 1.165) is 51.4 Å². The van der Waals surface area contributed by atoms with E-state index in [4.69, 9.17) is 5.11 Å². The predicted octanol–water partition coefficient (Wildman–Crippen LogP) is 3.42. The van der Waals surface area contributed by atoms with Gasteiger partial charge in [-0.3, -0.25) is 13.9 Å². The van der Waals surface area contributed by atoms with E-state index in [1.807, 2.05) is 42.2 Å². The minimum absolute atomic E-state index is 0.0410. The van der Waals surface area contributed by atoms with Crippen LogP contribution in [0.25, 0.3) is 17.2 Å². The molecule has 2 aromatic carbocycles. The highest BCUT2D eigenvalue weighted by molar-refractivity contribution is 7.84. The van der Waals surface area contributed by atoms with Gasteiger partial charge in [-0.05, 0) is 70.7 Å². The van der Waals surface area contributed by atoms with Gasteiger partial charge in [0.05, 0.1) is 13.0 Å². The third kappa shape index (κ3) is 5.16. The third-order valence-corrected chi connectivity index (χ3v) is 7.38. The molecule has 0 aromatic heterocycles. The molecule has 1 saturated heterocycles. The fraction of sp³-hybridized carbons (Fsp3) is 0.346. The monoisotopic (exact) mass is 468 g/mol. The number of rotatable bonds is 6. The molecule has 1 fully saturated rings. The van der Waals surface area contributed by atoms with Crippen LogP contribution < -0.4 is 0 Å². The van der Waals surface area contributed by atoms with Gasteiger partial charge in [-0.1, -0.05) is 18.2 Å². The number of hydrogen-bond donors (Lipinski definition) is 1. The molecule has 1 N–H and O–H groups in total. The van der Waals surface area contributed by atoms with E-state index in [2.05, 4.69) is 4.90 Å². The van der Waals surface area contributed by atoms with E-state index in [1.54, 1.807) is 12.3 Å². The number of amides is 1. The van der Waals surface area contributed by atoms with Gasteiger partial charge in [0.15, 0.2) is 0 Å². The number of carbonyl (C=O) groups excluding carboxylic acids is 1. The van der Waals surface area contributed by atoms with Gasteiger partial charge in [0, 0.05) is 54.7 Å². The molecule has 0 bridgehead atoms. The molecule has 1 aliphatic carbocycles. The van der Waals surface area contributed by atoms with Crippen molar-refractivity contribution in [3.63, 3.8) is 0 Å². The first-order valence-electron chi connectivity index (χ1n) is 11.1. The van der Waals surface area contributed by atoms with Crippen molar-refractivity contribution < 1.29 is 18.5 Å². The summed E-state index contributed by atoms with van der Waals surface area (Å²) in [5.41, 5.74) is 5.48. The SMILES string of the molecule is CC1=C(CC(=O)N2CCN(CCO)CC2)c2cc(F)ccc2C1=Cc1ccc(S(C)=O)cc1. The molecule has 0 spiro atoms. The average Bonchev–Trinajstić information content (AvgIpc) is 3.05. The summed E-state index contributed by atoms with van der Waals surface area (Å²) in [6, 6.07) is 12.3. The molecule has 33 heavy (non-hydrogen) atoms. The topological polar surface area (TPSA) is 60.9 Å². The van der Waals surface area contributed by atoms with Crippen LogP contribution >= 0.6 is 0 Å². The largest absolute Gasteiger partial charge is 0.395 e. The molecular formula is C26H29FN2O3S. The second kappa shape index (κ2) is 10.1. The molecule has 1 aliphatic heterocycles. The van der Waals surface area contributed by atoms with Crippen LogP contribution in [0.3, 0.4) is 0 Å². The van der Waals surface area contributed by atoms with Crippen LogP contribution in [0.5, 0.6) is 0 Å². The molecule has 0 saturated carbocycles. The lowest BCUT2D eigenvalue weighted by atomic mass is 10.0. The van der Waals surface area contributed by atoms with Crippen LogP contribution in [-0.4, -0.2) is 70.6 Å². The van der Waals surface area contributed by atoms with Crippen molar-refractivity contribution in [2.45, 2.75) is 18.2 Å². The molecule has 1 amide bonds. The summed E-state index contributed by atoms with van der Waals surface area (Å²) < 4.78 is 25.8. The Balaban J connectivity index is 1.60. The predicted molar refractivity (Wildman–Crippen MR) is 130 cm³/mol. The van der Waals surface area contributed by atoms with Crippen molar-refractivity contribution in [1.82, 2.24) is 9.80 Å². The lowest BCUT2D eigenvalue weighted by Gasteiger charge is -2.34. The summed E-state index contributed by atoms with van der Waals surface area (Å²) in [5, 5.41) is 9.12. The molecule has 174 valence electrons. The Morgan fingerprint density at radius 1 is 1.09 bits per heavy atom. The van der Waals surface area contributed by atoms with Crippen molar-refractivity contribution in [2.24, 2.45) is 0 Å². The third-order valence-electron chi connectivity index (χ3n) is 6.45. The smallest absolute Gasteiger partial charge is 0.227 e. The van der Waals surface area contributed by atoms with E-state index < -0.39 is 10.8 Å². The van der Waals surface area contributed by atoms with Crippen molar-refractivity contribution in [3.8, 4) is 0 Å². The minimum atomic E-state index is -1.04. The Morgan fingerprint density at radius 3 is 2.42 bits per heavy atom. The van der Waals surface area contributed by atoms with Crippen LogP contribution in [0.15, 0.2) is 52.9 Å². The zero-order valence-corrected chi connectivity index (χ0v) is 19.8. The first-order chi connectivity index (χ1) is 15.9. The summed E-state index contributed by atoms with van der Waals surface area (Å²) in [5.74, 6) is -0.278. The number of aliphatic hydroxyl groups excluding tert-OH is 1. The van der Waals surface area contributed by atoms with Gasteiger partial charge in [-0.2, -0.15) is 0 Å². The maximum absolute atomic E-state index is 14.2. The first-order valence-corrected chi connectivity index (χ1v) is 12.7.